The molecular formula is C21H18N4OS. The van der Waals surface area contributed by atoms with Gasteiger partial charge in [0.15, 0.2) is 5.82 Å². The number of H-pyrrole nitrogens is 1. The number of phenols is 1. The van der Waals surface area contributed by atoms with Crippen LogP contribution in [-0.4, -0.2) is 26.2 Å². The van der Waals surface area contributed by atoms with E-state index in [1.165, 1.54) is 5.56 Å². The summed E-state index contributed by atoms with van der Waals surface area (Å²) in [5, 5.41) is 23.8. The quantitative estimate of drug-likeness (QED) is 0.400. The highest BCUT2D eigenvalue weighted by Crippen LogP contribution is 2.25. The maximum atomic E-state index is 10.3. The molecule has 6 heteroatoms. The van der Waals surface area contributed by atoms with Crippen molar-refractivity contribution < 1.29 is 5.11 Å². The molecule has 0 saturated heterocycles. The van der Waals surface area contributed by atoms with Gasteiger partial charge in [0, 0.05) is 12.0 Å². The highest BCUT2D eigenvalue weighted by atomic mass is 32.1. The SMILES string of the molecule is Oc1ccc2ccccc2c1/C=N\n1c(CCc2ccccc2)n[nH]c1=S. The largest absolute Gasteiger partial charge is 0.507 e. The fourth-order valence-corrected chi connectivity index (χ4v) is 3.24. The molecule has 1 heterocycles. The summed E-state index contributed by atoms with van der Waals surface area (Å²) >= 11 is 5.32. The average molecular weight is 374 g/mol. The highest BCUT2D eigenvalue weighted by Gasteiger charge is 2.08. The molecule has 0 bridgehead atoms. The van der Waals surface area contributed by atoms with Crippen LogP contribution in [0.4, 0.5) is 0 Å². The van der Waals surface area contributed by atoms with E-state index in [1.807, 2.05) is 48.5 Å². The Bertz CT molecular complexity index is 1160. The Balaban J connectivity index is 1.65. The molecule has 4 aromatic rings. The lowest BCUT2D eigenvalue weighted by molar-refractivity contribution is 0.475. The topological polar surface area (TPSA) is 66.2 Å². The lowest BCUT2D eigenvalue weighted by atomic mass is 10.0. The zero-order valence-electron chi connectivity index (χ0n) is 14.5. The van der Waals surface area contributed by atoms with Crippen molar-refractivity contribution in [1.29, 1.82) is 0 Å². The number of benzene rings is 3. The molecule has 0 aliphatic heterocycles. The van der Waals surface area contributed by atoms with Gasteiger partial charge in [-0.1, -0.05) is 60.7 Å². The number of hydrogen-bond acceptors (Lipinski definition) is 4. The van der Waals surface area contributed by atoms with Crippen molar-refractivity contribution in [2.75, 3.05) is 0 Å². The van der Waals surface area contributed by atoms with Gasteiger partial charge in [0.2, 0.25) is 4.77 Å². The molecule has 0 atom stereocenters. The van der Waals surface area contributed by atoms with Gasteiger partial charge in [-0.25, -0.2) is 0 Å². The summed E-state index contributed by atoms with van der Waals surface area (Å²) in [7, 11) is 0. The van der Waals surface area contributed by atoms with Crippen molar-refractivity contribution in [2.45, 2.75) is 12.8 Å². The van der Waals surface area contributed by atoms with Crippen molar-refractivity contribution in [3.8, 4) is 5.75 Å². The lowest BCUT2D eigenvalue weighted by Crippen LogP contribution is -2.01. The molecule has 0 aliphatic rings. The summed E-state index contributed by atoms with van der Waals surface area (Å²) in [5.41, 5.74) is 1.89. The third-order valence-electron chi connectivity index (χ3n) is 4.45. The van der Waals surface area contributed by atoms with E-state index in [0.29, 0.717) is 16.8 Å². The Labute approximate surface area is 161 Å². The number of hydrogen-bond donors (Lipinski definition) is 2. The van der Waals surface area contributed by atoms with Gasteiger partial charge in [-0.05, 0) is 41.0 Å². The minimum atomic E-state index is 0.179. The first-order chi connectivity index (χ1) is 13.2. The molecule has 5 nitrogen and oxygen atoms in total. The fourth-order valence-electron chi connectivity index (χ4n) is 3.04. The summed E-state index contributed by atoms with van der Waals surface area (Å²) in [4.78, 5) is 0. The van der Waals surface area contributed by atoms with Crippen molar-refractivity contribution in [3.63, 3.8) is 0 Å². The zero-order valence-corrected chi connectivity index (χ0v) is 15.4. The van der Waals surface area contributed by atoms with E-state index in [4.69, 9.17) is 12.2 Å². The molecule has 2 N–H and O–H groups in total. The summed E-state index contributed by atoms with van der Waals surface area (Å²) in [6.07, 6.45) is 3.18. The van der Waals surface area contributed by atoms with Crippen LogP contribution in [0.15, 0.2) is 71.8 Å². The van der Waals surface area contributed by atoms with E-state index in [1.54, 1.807) is 17.0 Å². The van der Waals surface area contributed by atoms with E-state index in [9.17, 15) is 5.11 Å². The van der Waals surface area contributed by atoms with E-state index >= 15 is 0 Å². The molecule has 27 heavy (non-hydrogen) atoms. The minimum absolute atomic E-state index is 0.179. The monoisotopic (exact) mass is 374 g/mol. The number of nitrogens with zero attached hydrogens (tertiary/aromatic N) is 3. The predicted octanol–water partition coefficient (Wildman–Crippen LogP) is 4.47. The number of fused-ring (bicyclic) bond motifs is 1. The molecular weight excluding hydrogens is 356 g/mol. The molecule has 0 amide bonds. The van der Waals surface area contributed by atoms with Gasteiger partial charge in [0.05, 0.1) is 6.21 Å². The molecule has 3 aromatic carbocycles. The second kappa shape index (κ2) is 7.55. The second-order valence-electron chi connectivity index (χ2n) is 6.21. The number of phenolic OH excluding ortho intramolecular Hbond substituents is 1. The standard InChI is InChI=1S/C21H18N4OS/c26-19-12-11-16-8-4-5-9-17(16)18(19)14-22-25-20(23-24-21(25)27)13-10-15-6-2-1-3-7-15/h1-9,11-12,14,26H,10,13H2,(H,24,27)/b22-14-. The van der Waals surface area contributed by atoms with E-state index in [0.717, 1.165) is 23.0 Å². The maximum absolute atomic E-state index is 10.3. The van der Waals surface area contributed by atoms with Gasteiger partial charge >= 0.3 is 0 Å². The molecule has 1 aromatic heterocycles. The molecule has 0 fully saturated rings. The Morgan fingerprint density at radius 2 is 1.78 bits per heavy atom. The van der Waals surface area contributed by atoms with E-state index < -0.39 is 0 Å². The molecule has 0 unspecified atom stereocenters. The van der Waals surface area contributed by atoms with Gasteiger partial charge in [0.1, 0.15) is 5.75 Å². The number of aromatic hydroxyl groups is 1. The van der Waals surface area contributed by atoms with Crippen LogP contribution in [0.1, 0.15) is 17.0 Å². The van der Waals surface area contributed by atoms with Gasteiger partial charge in [0.25, 0.3) is 0 Å². The Morgan fingerprint density at radius 3 is 2.63 bits per heavy atom. The van der Waals surface area contributed by atoms with Gasteiger partial charge in [-0.3, -0.25) is 5.10 Å². The molecule has 0 spiro atoms. The maximum Gasteiger partial charge on any atom is 0.216 e. The number of aromatic nitrogens is 3. The van der Waals surface area contributed by atoms with Crippen LogP contribution in [0, 0.1) is 4.77 Å². The number of aromatic amines is 1. The first-order valence-corrected chi connectivity index (χ1v) is 9.08. The van der Waals surface area contributed by atoms with Crippen molar-refractivity contribution in [3.05, 3.63) is 88.5 Å². The van der Waals surface area contributed by atoms with Crippen LogP contribution < -0.4 is 0 Å². The van der Waals surface area contributed by atoms with Crippen LogP contribution in [-0.2, 0) is 12.8 Å². The van der Waals surface area contributed by atoms with Crippen LogP contribution in [0.2, 0.25) is 0 Å². The predicted molar refractivity (Wildman–Crippen MR) is 110 cm³/mol. The summed E-state index contributed by atoms with van der Waals surface area (Å²) < 4.78 is 2.04. The number of rotatable bonds is 5. The fraction of sp³-hybridized carbons (Fsp3) is 0.0952. The number of aryl methyl sites for hydroxylation is 2. The number of nitrogens with one attached hydrogen (secondary N) is 1. The smallest absolute Gasteiger partial charge is 0.216 e. The van der Waals surface area contributed by atoms with E-state index in [2.05, 4.69) is 27.4 Å². The first-order valence-electron chi connectivity index (χ1n) is 8.67. The Kier molecular flexibility index (Phi) is 4.80. The van der Waals surface area contributed by atoms with Crippen molar-refractivity contribution in [2.24, 2.45) is 5.10 Å². The third kappa shape index (κ3) is 3.66. The van der Waals surface area contributed by atoms with Crippen LogP contribution in [0.5, 0.6) is 5.75 Å². The molecule has 134 valence electrons. The molecule has 0 radical (unpaired) electrons. The molecule has 0 saturated carbocycles. The van der Waals surface area contributed by atoms with Crippen molar-refractivity contribution in [1.82, 2.24) is 14.9 Å². The van der Waals surface area contributed by atoms with Crippen molar-refractivity contribution >= 4 is 29.2 Å². The minimum Gasteiger partial charge on any atom is -0.507 e. The molecule has 0 aliphatic carbocycles. The van der Waals surface area contributed by atoms with Gasteiger partial charge in [-0.2, -0.15) is 14.9 Å². The highest BCUT2D eigenvalue weighted by molar-refractivity contribution is 7.71. The van der Waals surface area contributed by atoms with Crippen LogP contribution in [0.3, 0.4) is 0 Å². The molecule has 4 rings (SSSR count). The van der Waals surface area contributed by atoms with Gasteiger partial charge < -0.3 is 5.11 Å². The summed E-state index contributed by atoms with van der Waals surface area (Å²) in [5.74, 6) is 0.929. The zero-order chi connectivity index (χ0) is 18.6. The van der Waals surface area contributed by atoms with E-state index in [-0.39, 0.29) is 5.75 Å². The second-order valence-corrected chi connectivity index (χ2v) is 6.59. The lowest BCUT2D eigenvalue weighted by Gasteiger charge is -2.05. The van der Waals surface area contributed by atoms with Crippen LogP contribution in [0.25, 0.3) is 10.8 Å². The summed E-state index contributed by atoms with van der Waals surface area (Å²) in [6.45, 7) is 0. The third-order valence-corrected chi connectivity index (χ3v) is 4.71. The first kappa shape index (κ1) is 17.2. The summed E-state index contributed by atoms with van der Waals surface area (Å²) in [6, 6.07) is 21.6. The normalized spacial score (nSPS) is 11.4. The van der Waals surface area contributed by atoms with Crippen LogP contribution >= 0.6 is 12.2 Å². The average Bonchev–Trinajstić information content (AvgIpc) is 3.06. The van der Waals surface area contributed by atoms with Gasteiger partial charge in [-0.15, -0.1) is 0 Å². The Morgan fingerprint density at radius 1 is 1.00 bits per heavy atom. The Hall–Kier alpha value is -3.25.